The van der Waals surface area contributed by atoms with Crippen LogP contribution in [-0.2, 0) is 9.47 Å². The third kappa shape index (κ3) is 2.78. The van der Waals surface area contributed by atoms with Gasteiger partial charge in [0.25, 0.3) is 0 Å². The highest BCUT2D eigenvalue weighted by Crippen LogP contribution is 2.25. The summed E-state index contributed by atoms with van der Waals surface area (Å²) in [7, 11) is 0. The van der Waals surface area contributed by atoms with Crippen LogP contribution < -0.4 is 5.73 Å². The van der Waals surface area contributed by atoms with E-state index in [0.717, 1.165) is 18.9 Å². The van der Waals surface area contributed by atoms with E-state index >= 15 is 0 Å². The van der Waals surface area contributed by atoms with Crippen molar-refractivity contribution >= 4 is 5.69 Å². The quantitative estimate of drug-likeness (QED) is 0.839. The van der Waals surface area contributed by atoms with E-state index in [-0.39, 0.29) is 0 Å². The Kier molecular flexibility index (Phi) is 3.49. The van der Waals surface area contributed by atoms with Crippen LogP contribution in [0.5, 0.6) is 0 Å². The summed E-state index contributed by atoms with van der Waals surface area (Å²) in [4.78, 5) is 0. The molecule has 2 aromatic carbocycles. The summed E-state index contributed by atoms with van der Waals surface area (Å²) in [5, 5.41) is 0. The lowest BCUT2D eigenvalue weighted by Crippen LogP contribution is -2.22. The lowest BCUT2D eigenvalue weighted by Gasteiger charge is -2.22. The Bertz CT molecular complexity index is 528. The molecule has 2 N–H and O–H groups in total. The molecular weight excluding hydrogens is 238 g/mol. The molecule has 0 unspecified atom stereocenters. The van der Waals surface area contributed by atoms with E-state index in [0.29, 0.717) is 12.7 Å². The molecule has 3 heteroatoms. The fraction of sp³-hybridized carbons (Fsp3) is 0.250. The summed E-state index contributed by atoms with van der Waals surface area (Å²) in [5.74, 6) is 0.342. The molecule has 1 aliphatic heterocycles. The average Bonchev–Trinajstić information content (AvgIpc) is 2.49. The summed E-state index contributed by atoms with van der Waals surface area (Å²) in [6.45, 7) is 1.89. The zero-order valence-corrected chi connectivity index (χ0v) is 10.7. The molecule has 19 heavy (non-hydrogen) atoms. The Morgan fingerprint density at radius 1 is 0.789 bits per heavy atom. The highest BCUT2D eigenvalue weighted by Gasteiger charge is 2.16. The second kappa shape index (κ2) is 5.43. The van der Waals surface area contributed by atoms with E-state index in [9.17, 15) is 0 Å². The van der Waals surface area contributed by atoms with Crippen LogP contribution in [0.4, 0.5) is 5.69 Å². The van der Waals surface area contributed by atoms with Gasteiger partial charge in [-0.05, 0) is 28.8 Å². The Hall–Kier alpha value is -1.84. The molecule has 1 heterocycles. The Balaban J connectivity index is 1.80. The molecule has 0 radical (unpaired) electrons. The van der Waals surface area contributed by atoms with E-state index in [1.54, 1.807) is 0 Å². The predicted octanol–water partition coefficient (Wildman–Crippen LogP) is 3.02. The van der Waals surface area contributed by atoms with Crippen LogP contribution in [-0.4, -0.2) is 20.0 Å². The van der Waals surface area contributed by atoms with Gasteiger partial charge in [-0.3, -0.25) is 0 Å². The topological polar surface area (TPSA) is 44.5 Å². The van der Waals surface area contributed by atoms with Crippen molar-refractivity contribution in [1.29, 1.82) is 0 Å². The minimum Gasteiger partial charge on any atom is -0.399 e. The number of nitrogens with two attached hydrogens (primary N) is 1. The molecule has 0 spiro atoms. The maximum atomic E-state index is 5.70. The first kappa shape index (κ1) is 12.2. The minimum absolute atomic E-state index is 0.342. The van der Waals surface area contributed by atoms with Gasteiger partial charge in [0.1, 0.15) is 6.79 Å². The Morgan fingerprint density at radius 2 is 1.32 bits per heavy atom. The first-order valence-corrected chi connectivity index (χ1v) is 6.44. The molecule has 3 rings (SSSR count). The van der Waals surface area contributed by atoms with Crippen molar-refractivity contribution in [3.05, 3.63) is 54.1 Å². The minimum atomic E-state index is 0.342. The molecule has 98 valence electrons. The largest absolute Gasteiger partial charge is 0.399 e. The van der Waals surface area contributed by atoms with Gasteiger partial charge >= 0.3 is 0 Å². The molecule has 1 fully saturated rings. The number of hydrogen-bond acceptors (Lipinski definition) is 3. The van der Waals surface area contributed by atoms with Gasteiger partial charge in [-0.1, -0.05) is 36.4 Å². The number of anilines is 1. The van der Waals surface area contributed by atoms with Crippen molar-refractivity contribution < 1.29 is 9.47 Å². The van der Waals surface area contributed by atoms with Crippen molar-refractivity contribution in [1.82, 2.24) is 0 Å². The van der Waals surface area contributed by atoms with E-state index in [2.05, 4.69) is 24.3 Å². The van der Waals surface area contributed by atoms with Gasteiger partial charge in [-0.15, -0.1) is 0 Å². The van der Waals surface area contributed by atoms with E-state index in [1.165, 1.54) is 16.7 Å². The molecule has 0 amide bonds. The smallest absolute Gasteiger partial charge is 0.146 e. The van der Waals surface area contributed by atoms with Gasteiger partial charge in [0.05, 0.1) is 13.2 Å². The van der Waals surface area contributed by atoms with Gasteiger partial charge in [-0.2, -0.15) is 0 Å². The monoisotopic (exact) mass is 255 g/mol. The molecule has 0 saturated carbocycles. The average molecular weight is 255 g/mol. The molecule has 2 aromatic rings. The molecule has 1 saturated heterocycles. The van der Waals surface area contributed by atoms with Crippen LogP contribution >= 0.6 is 0 Å². The highest BCUT2D eigenvalue weighted by molar-refractivity contribution is 5.65. The van der Waals surface area contributed by atoms with Crippen LogP contribution in [0.15, 0.2) is 48.5 Å². The summed E-state index contributed by atoms with van der Waals surface area (Å²) < 4.78 is 10.7. The summed E-state index contributed by atoms with van der Waals surface area (Å²) in [6, 6.07) is 16.5. The second-order valence-electron chi connectivity index (χ2n) is 4.80. The third-order valence-electron chi connectivity index (χ3n) is 3.43. The second-order valence-corrected chi connectivity index (χ2v) is 4.80. The Labute approximate surface area is 113 Å². The molecule has 0 aliphatic carbocycles. The molecule has 0 atom stereocenters. The third-order valence-corrected chi connectivity index (χ3v) is 3.43. The van der Waals surface area contributed by atoms with E-state index in [1.807, 2.05) is 24.3 Å². The summed E-state index contributed by atoms with van der Waals surface area (Å²) >= 11 is 0. The standard InChI is InChI=1S/C16H17NO2/c17-16-7-5-13(6-8-16)12-1-3-14(4-2-12)15-9-18-11-19-10-15/h1-8,15H,9-11,17H2. The van der Waals surface area contributed by atoms with Crippen LogP contribution in [0.2, 0.25) is 0 Å². The molecule has 0 bridgehead atoms. The molecule has 3 nitrogen and oxygen atoms in total. The van der Waals surface area contributed by atoms with Crippen molar-refractivity contribution in [2.75, 3.05) is 25.7 Å². The lowest BCUT2D eigenvalue weighted by atomic mass is 9.97. The first-order valence-electron chi connectivity index (χ1n) is 6.44. The predicted molar refractivity (Wildman–Crippen MR) is 75.8 cm³/mol. The van der Waals surface area contributed by atoms with Gasteiger partial charge in [-0.25, -0.2) is 0 Å². The van der Waals surface area contributed by atoms with E-state index < -0.39 is 0 Å². The maximum Gasteiger partial charge on any atom is 0.146 e. The normalized spacial score (nSPS) is 16.4. The van der Waals surface area contributed by atoms with Gasteiger partial charge in [0.2, 0.25) is 0 Å². The Morgan fingerprint density at radius 3 is 1.89 bits per heavy atom. The highest BCUT2D eigenvalue weighted by atomic mass is 16.7. The maximum absolute atomic E-state index is 5.70. The van der Waals surface area contributed by atoms with Gasteiger partial charge in [0.15, 0.2) is 0 Å². The zero-order chi connectivity index (χ0) is 13.1. The molecular formula is C16H17NO2. The number of nitrogen functional groups attached to an aromatic ring is 1. The number of benzene rings is 2. The lowest BCUT2D eigenvalue weighted by molar-refractivity contribution is -0.108. The van der Waals surface area contributed by atoms with Crippen LogP contribution in [0, 0.1) is 0 Å². The summed E-state index contributed by atoms with van der Waals surface area (Å²) in [5.41, 5.74) is 10.1. The van der Waals surface area contributed by atoms with Gasteiger partial charge < -0.3 is 15.2 Å². The van der Waals surface area contributed by atoms with E-state index in [4.69, 9.17) is 15.2 Å². The molecule has 0 aromatic heterocycles. The fourth-order valence-electron chi connectivity index (χ4n) is 2.30. The fourth-order valence-corrected chi connectivity index (χ4v) is 2.30. The van der Waals surface area contributed by atoms with Crippen LogP contribution in [0.1, 0.15) is 11.5 Å². The zero-order valence-electron chi connectivity index (χ0n) is 10.7. The van der Waals surface area contributed by atoms with Crippen molar-refractivity contribution in [3.63, 3.8) is 0 Å². The number of ether oxygens (including phenoxy) is 2. The van der Waals surface area contributed by atoms with Crippen LogP contribution in [0.3, 0.4) is 0 Å². The molecule has 1 aliphatic rings. The van der Waals surface area contributed by atoms with Crippen LogP contribution in [0.25, 0.3) is 11.1 Å². The van der Waals surface area contributed by atoms with Crippen molar-refractivity contribution in [2.24, 2.45) is 0 Å². The van der Waals surface area contributed by atoms with Crippen molar-refractivity contribution in [2.45, 2.75) is 5.92 Å². The summed E-state index contributed by atoms with van der Waals surface area (Å²) in [6.07, 6.45) is 0. The SMILES string of the molecule is Nc1ccc(-c2ccc(C3COCOC3)cc2)cc1. The number of hydrogen-bond donors (Lipinski definition) is 1. The van der Waals surface area contributed by atoms with Gasteiger partial charge in [0, 0.05) is 11.6 Å². The number of rotatable bonds is 2. The first-order chi connectivity index (χ1) is 9.33. The van der Waals surface area contributed by atoms with Crippen molar-refractivity contribution in [3.8, 4) is 11.1 Å².